The number of hydrogen-bond donors (Lipinski definition) is 0. The van der Waals surface area contributed by atoms with Crippen molar-refractivity contribution in [3.8, 4) is 0 Å². The summed E-state index contributed by atoms with van der Waals surface area (Å²) in [7, 11) is -2.60. The van der Waals surface area contributed by atoms with Crippen LogP contribution in [-0.4, -0.2) is 213 Å². The predicted molar refractivity (Wildman–Crippen MR) is 504 cm³/mol. The molecule has 0 N–H and O–H groups in total. The van der Waals surface area contributed by atoms with Crippen LogP contribution in [0.1, 0.15) is 354 Å². The summed E-state index contributed by atoms with van der Waals surface area (Å²) < 4.78 is 183. The standard InChI is InChI=1S/2C26H54O11S5.14C2H6/c2*1-9-12-24(4,21-35-16-19-39(28)26(6,14-11-3)23-37-42(31)33-8)38(27)18-15-34-22-25(5,13-10-2)40(29)20-17-36-41(30)32-7;14*1-2/h2*9-23H2,1-8H3;14*1-2H3/t2*24-,25-,26-,38?,39?,40?,41?,42?;;;;;;;;;;;;;;/m00............../s1. The smallest absolute Gasteiger partial charge is 0.304 e. The number of hydrogen-bond acceptors (Lipinski definition) is 22. The van der Waals surface area contributed by atoms with Gasteiger partial charge < -0.3 is 18.9 Å². The van der Waals surface area contributed by atoms with Crippen LogP contribution in [0.25, 0.3) is 0 Å². The molecule has 0 spiro atoms. The minimum absolute atomic E-state index is 0.0405. The van der Waals surface area contributed by atoms with Crippen molar-refractivity contribution in [2.24, 2.45) is 0 Å². The molecule has 0 rings (SSSR count). The third kappa shape index (κ3) is 86.0. The van der Waals surface area contributed by atoms with Gasteiger partial charge in [-0.25, -0.2) is 0 Å². The second-order valence-corrected chi connectivity index (χ2v) is 37.8. The Balaban J connectivity index is -0.0000000891. The van der Waals surface area contributed by atoms with E-state index in [9.17, 15) is 42.1 Å². The molecule has 0 saturated heterocycles. The molecule has 16 atom stereocenters. The van der Waals surface area contributed by atoms with Gasteiger partial charge in [0, 0.05) is 99.3 Å². The van der Waals surface area contributed by atoms with E-state index < -0.39 is 139 Å². The van der Waals surface area contributed by atoms with Gasteiger partial charge >= 0.3 is 45.4 Å². The molecular formula is C80H192O22S10. The maximum Gasteiger partial charge on any atom is 0.304 e. The van der Waals surface area contributed by atoms with Crippen molar-refractivity contribution in [2.75, 3.05) is 142 Å². The highest BCUT2D eigenvalue weighted by Gasteiger charge is 2.38. The van der Waals surface area contributed by atoms with E-state index >= 15 is 0 Å². The largest absolute Gasteiger partial charge is 0.379 e. The average Bonchev–Trinajstić information content (AvgIpc) is 0.815. The van der Waals surface area contributed by atoms with E-state index in [1.54, 1.807) is 0 Å². The molecule has 0 aromatic heterocycles. The van der Waals surface area contributed by atoms with Crippen LogP contribution >= 0.6 is 0 Å². The fraction of sp³-hybridized carbons (Fsp3) is 1.00. The highest BCUT2D eigenvalue weighted by atomic mass is 32.2. The van der Waals surface area contributed by atoms with Crippen molar-refractivity contribution in [1.82, 2.24) is 0 Å². The van der Waals surface area contributed by atoms with E-state index in [4.69, 9.17) is 35.7 Å². The van der Waals surface area contributed by atoms with Crippen molar-refractivity contribution >= 4 is 110 Å². The Labute approximate surface area is 723 Å². The molecule has 0 aromatic rings. The van der Waals surface area contributed by atoms with Crippen LogP contribution in [0.3, 0.4) is 0 Å². The lowest BCUT2D eigenvalue weighted by molar-refractivity contribution is 0.119. The summed E-state index contributed by atoms with van der Waals surface area (Å²) in [6.07, 6.45) is 8.85. The molecule has 10 unspecified atom stereocenters. The van der Waals surface area contributed by atoms with Gasteiger partial charge in [-0.15, -0.1) is 0 Å². The Kier molecular flexibility index (Phi) is 156. The summed E-state index contributed by atoms with van der Waals surface area (Å²) in [6, 6.07) is 0. The minimum atomic E-state index is -1.88. The molecule has 0 saturated carbocycles. The predicted octanol–water partition coefficient (Wildman–Crippen LogP) is 21.2. The molecule has 0 fully saturated rings. The first-order valence-electron chi connectivity index (χ1n) is 42.5. The van der Waals surface area contributed by atoms with Crippen molar-refractivity contribution in [3.05, 3.63) is 0 Å². The zero-order chi connectivity index (χ0) is 92.5. The Morgan fingerprint density at radius 2 is 0.321 bits per heavy atom. The van der Waals surface area contributed by atoms with Crippen molar-refractivity contribution in [3.63, 3.8) is 0 Å². The maximum atomic E-state index is 13.3. The van der Waals surface area contributed by atoms with Gasteiger partial charge in [-0.3, -0.25) is 58.7 Å². The SMILES string of the molecule is CC.CC.CC.CC.CC.CC.CC.CC.CC.CC.CC.CC.CC.CC.CCC[C@@](C)(COCCS(=O)[C@@](C)(CCC)COS(=O)OC)S(=O)CCOC[C@](C)(CCC)S(=O)CCOS(=O)OC.CCC[C@@](C)(COCCS(=O)[C@@](C)(CCC)COS(=O)OC)S(=O)CCOC[C@](C)(CCC)S(=O)CCOS(=O)OC. The van der Waals surface area contributed by atoms with Crippen molar-refractivity contribution in [2.45, 2.75) is 382 Å². The summed E-state index contributed by atoms with van der Waals surface area (Å²) in [5.41, 5.74) is 0. The summed E-state index contributed by atoms with van der Waals surface area (Å²) >= 11 is -7.47. The fourth-order valence-corrected chi connectivity index (χ4v) is 19.0. The number of rotatable bonds is 56. The highest BCUT2D eigenvalue weighted by Crippen LogP contribution is 2.28. The van der Waals surface area contributed by atoms with Crippen molar-refractivity contribution < 1.29 is 94.5 Å². The van der Waals surface area contributed by atoms with Crippen molar-refractivity contribution in [1.29, 1.82) is 0 Å². The average molecular weight is 1830 g/mol. The second-order valence-electron chi connectivity index (χ2n) is 21.4. The van der Waals surface area contributed by atoms with Gasteiger partial charge in [-0.1, -0.05) is 274 Å². The van der Waals surface area contributed by atoms with Crippen LogP contribution in [0.5, 0.6) is 0 Å². The van der Waals surface area contributed by atoms with E-state index in [0.29, 0.717) is 50.0 Å². The third-order valence-electron chi connectivity index (χ3n) is 13.6. The minimum Gasteiger partial charge on any atom is -0.379 e. The molecular weight excluding hydrogens is 1630 g/mol. The molecule has 0 aliphatic rings. The Hall–Kier alpha value is 1.02. The summed E-state index contributed by atoms with van der Waals surface area (Å²) in [5, 5.41) is 0. The maximum absolute atomic E-state index is 13.3. The molecule has 0 aliphatic carbocycles. The van der Waals surface area contributed by atoms with Crippen LogP contribution in [0.15, 0.2) is 0 Å². The lowest BCUT2D eigenvalue weighted by atomic mass is 10.1. The van der Waals surface area contributed by atoms with E-state index in [0.717, 1.165) is 38.5 Å². The highest BCUT2D eigenvalue weighted by molar-refractivity contribution is 7.88. The molecule has 0 aromatic carbocycles. The van der Waals surface area contributed by atoms with Crippen LogP contribution in [0.4, 0.5) is 0 Å². The topological polar surface area (TPSA) is 281 Å². The Bertz CT molecular complexity index is 1910. The normalized spacial score (nSPS) is 15.8. The molecule has 0 amide bonds. The van der Waals surface area contributed by atoms with E-state index in [2.05, 4.69) is 16.7 Å². The molecule has 0 heterocycles. The molecule has 0 aliphatic heterocycles. The third-order valence-corrected chi connectivity index (χ3v) is 27.8. The number of ether oxygens (including phenoxy) is 4. The summed E-state index contributed by atoms with van der Waals surface area (Å²) in [5.74, 6) is 1.57. The monoisotopic (exact) mass is 1830 g/mol. The van der Waals surface area contributed by atoms with Crippen LogP contribution in [0.2, 0.25) is 0 Å². The second kappa shape index (κ2) is 116. The van der Waals surface area contributed by atoms with Gasteiger partial charge in [0.05, 0.1) is 136 Å². The first-order chi connectivity index (χ1) is 53.5. The molecule has 22 nitrogen and oxygen atoms in total. The first-order valence-corrected chi connectivity index (χ1v) is 54.5. The van der Waals surface area contributed by atoms with Gasteiger partial charge in [0.1, 0.15) is 0 Å². The summed E-state index contributed by atoms with van der Waals surface area (Å²) in [4.78, 5) is 0. The van der Waals surface area contributed by atoms with Gasteiger partial charge in [0.15, 0.2) is 0 Å². The van der Waals surface area contributed by atoms with Crippen LogP contribution in [0, 0.1) is 0 Å². The molecule has 0 bridgehead atoms. The Morgan fingerprint density at radius 3 is 0.455 bits per heavy atom. The zero-order valence-corrected chi connectivity index (χ0v) is 89.4. The lowest BCUT2D eigenvalue weighted by Crippen LogP contribution is -2.41. The van der Waals surface area contributed by atoms with Crippen LogP contribution < -0.4 is 0 Å². The Morgan fingerprint density at radius 1 is 0.196 bits per heavy atom. The zero-order valence-electron chi connectivity index (χ0n) is 81.3. The van der Waals surface area contributed by atoms with Crippen LogP contribution in [-0.2, 0) is 163 Å². The molecule has 0 radical (unpaired) electrons. The van der Waals surface area contributed by atoms with E-state index in [1.165, 1.54) is 28.4 Å². The molecule has 32 heteroatoms. The van der Waals surface area contributed by atoms with E-state index in [1.807, 2.05) is 277 Å². The van der Waals surface area contributed by atoms with Gasteiger partial charge in [-0.05, 0) is 80.1 Å². The quantitative estimate of drug-likeness (QED) is 0.0511. The fourth-order valence-electron chi connectivity index (χ4n) is 8.75. The first kappa shape index (κ1) is 151. The van der Waals surface area contributed by atoms with E-state index in [-0.39, 0.29) is 102 Å². The molecule has 112 heavy (non-hydrogen) atoms. The lowest BCUT2D eigenvalue weighted by Gasteiger charge is -2.30. The molecule has 704 valence electrons. The van der Waals surface area contributed by atoms with Gasteiger partial charge in [0.2, 0.25) is 0 Å². The van der Waals surface area contributed by atoms with Gasteiger partial charge in [-0.2, -0.15) is 16.8 Å². The van der Waals surface area contributed by atoms with Gasteiger partial charge in [0.25, 0.3) is 0 Å². The summed E-state index contributed by atoms with van der Waals surface area (Å²) in [6.45, 7) is 81.5.